The lowest BCUT2D eigenvalue weighted by Gasteiger charge is -1.88. The van der Waals surface area contributed by atoms with Crippen LogP contribution >= 0.6 is 0 Å². The molecule has 0 rings (SSSR count). The predicted molar refractivity (Wildman–Crippen MR) is 23.4 cm³/mol. The zero-order chi connectivity index (χ0) is 4.99. The highest BCUT2D eigenvalue weighted by Gasteiger charge is 1.80. The number of hydrogen-bond acceptors (Lipinski definition) is 2. The summed E-state index contributed by atoms with van der Waals surface area (Å²) in [6, 6.07) is -0.711. The Labute approximate surface area is 40.4 Å². The molecule has 0 saturated heterocycles. The Kier molecular flexibility index (Phi) is 7.04. The van der Waals surface area contributed by atoms with E-state index in [1.54, 1.807) is 0 Å². The standard InChI is InChI=1S/C2H6N2O2.H2O/c3-2(6)4-1-5;/h5H,1H2,(H3,3,4,6);1H2. The highest BCUT2D eigenvalue weighted by atomic mass is 16.3. The topological polar surface area (TPSA) is 107 Å². The van der Waals surface area contributed by atoms with Crippen LogP contribution in [0.1, 0.15) is 0 Å². The predicted octanol–water partition coefficient (Wildman–Crippen LogP) is -2.22. The molecule has 0 aromatic heterocycles. The molecule has 0 fully saturated rings. The second kappa shape index (κ2) is 5.19. The summed E-state index contributed by atoms with van der Waals surface area (Å²) in [5, 5.41) is 9.73. The highest BCUT2D eigenvalue weighted by molar-refractivity contribution is 5.71. The maximum absolute atomic E-state index is 9.55. The highest BCUT2D eigenvalue weighted by Crippen LogP contribution is 1.45. The fourth-order valence-corrected chi connectivity index (χ4v) is 0.0779. The first-order valence-corrected chi connectivity index (χ1v) is 1.41. The van der Waals surface area contributed by atoms with Crippen molar-refractivity contribution in [1.29, 1.82) is 0 Å². The Morgan fingerprint density at radius 1 is 1.86 bits per heavy atom. The zero-order valence-corrected chi connectivity index (χ0v) is 3.64. The van der Waals surface area contributed by atoms with E-state index < -0.39 is 12.8 Å². The number of hydrogen-bond donors (Lipinski definition) is 3. The van der Waals surface area contributed by atoms with Crippen molar-refractivity contribution in [3.63, 3.8) is 0 Å². The first-order chi connectivity index (χ1) is 2.77. The molecule has 0 aromatic carbocycles. The van der Waals surface area contributed by atoms with Gasteiger partial charge in [-0.25, -0.2) is 4.79 Å². The van der Waals surface area contributed by atoms with E-state index in [9.17, 15) is 4.79 Å². The molecule has 5 heteroatoms. The van der Waals surface area contributed by atoms with Crippen molar-refractivity contribution in [2.24, 2.45) is 5.73 Å². The third kappa shape index (κ3) is 11.0. The zero-order valence-electron chi connectivity index (χ0n) is 3.64. The van der Waals surface area contributed by atoms with Gasteiger partial charge >= 0.3 is 6.03 Å². The van der Waals surface area contributed by atoms with Gasteiger partial charge in [0.05, 0.1) is 0 Å². The van der Waals surface area contributed by atoms with Crippen LogP contribution in [0, 0.1) is 0 Å². The fraction of sp³-hybridized carbons (Fsp3) is 0.500. The summed E-state index contributed by atoms with van der Waals surface area (Å²) < 4.78 is 0. The van der Waals surface area contributed by atoms with Crippen molar-refractivity contribution in [3.8, 4) is 0 Å². The third-order valence-electron chi connectivity index (χ3n) is 0.253. The van der Waals surface area contributed by atoms with Gasteiger partial charge in [-0.05, 0) is 0 Å². The second-order valence-corrected chi connectivity index (χ2v) is 0.699. The molecule has 0 aliphatic heterocycles. The molecule has 0 unspecified atom stereocenters. The van der Waals surface area contributed by atoms with Crippen LogP contribution in [0.3, 0.4) is 0 Å². The number of urea groups is 1. The molecule has 5 nitrogen and oxygen atoms in total. The maximum Gasteiger partial charge on any atom is 0.313 e. The van der Waals surface area contributed by atoms with Crippen molar-refractivity contribution >= 4 is 6.03 Å². The average Bonchev–Trinajstić information content (AvgIpc) is 1.35. The minimum atomic E-state index is -0.711. The van der Waals surface area contributed by atoms with Gasteiger partial charge in [0.25, 0.3) is 0 Å². The summed E-state index contributed by atoms with van der Waals surface area (Å²) in [6.45, 7) is -0.394. The Bertz CT molecular complexity index is 54.9. The van der Waals surface area contributed by atoms with Crippen molar-refractivity contribution < 1.29 is 15.4 Å². The smallest absolute Gasteiger partial charge is 0.313 e. The molecular weight excluding hydrogens is 100 g/mol. The maximum atomic E-state index is 9.55. The Morgan fingerprint density at radius 2 is 2.29 bits per heavy atom. The summed E-state index contributed by atoms with van der Waals surface area (Å²) >= 11 is 0. The molecule has 44 valence electrons. The van der Waals surface area contributed by atoms with E-state index in [4.69, 9.17) is 5.11 Å². The van der Waals surface area contributed by atoms with Crippen LogP contribution in [0.2, 0.25) is 0 Å². The second-order valence-electron chi connectivity index (χ2n) is 0.699. The van der Waals surface area contributed by atoms with E-state index in [0.717, 1.165) is 0 Å². The van der Waals surface area contributed by atoms with E-state index >= 15 is 0 Å². The molecule has 7 heavy (non-hydrogen) atoms. The lowest BCUT2D eigenvalue weighted by Crippen LogP contribution is -2.29. The summed E-state index contributed by atoms with van der Waals surface area (Å²) in [5.74, 6) is 0. The largest absolute Gasteiger partial charge is 0.412 e. The van der Waals surface area contributed by atoms with Crippen molar-refractivity contribution in [2.45, 2.75) is 0 Å². The molecule has 0 saturated carbocycles. The number of aliphatic hydroxyl groups excluding tert-OH is 1. The van der Waals surface area contributed by atoms with E-state index in [1.165, 1.54) is 0 Å². The number of carbonyl (C=O) groups is 1. The van der Waals surface area contributed by atoms with Crippen molar-refractivity contribution in [3.05, 3.63) is 0 Å². The van der Waals surface area contributed by atoms with Gasteiger partial charge in [0.15, 0.2) is 0 Å². The summed E-state index contributed by atoms with van der Waals surface area (Å²) in [7, 11) is 0. The lowest BCUT2D eigenvalue weighted by atomic mass is 11.0. The van der Waals surface area contributed by atoms with E-state index in [2.05, 4.69) is 5.73 Å². The summed E-state index contributed by atoms with van der Waals surface area (Å²) in [5.41, 5.74) is 4.49. The monoisotopic (exact) mass is 108 g/mol. The van der Waals surface area contributed by atoms with Gasteiger partial charge in [-0.2, -0.15) is 0 Å². The van der Waals surface area contributed by atoms with Gasteiger partial charge < -0.3 is 21.6 Å². The summed E-state index contributed by atoms with van der Waals surface area (Å²) in [4.78, 5) is 9.55. The van der Waals surface area contributed by atoms with Gasteiger partial charge in [-0.3, -0.25) is 0 Å². The molecule has 0 aromatic rings. The van der Waals surface area contributed by atoms with E-state index in [1.807, 2.05) is 5.32 Å². The number of carbonyl (C=O) groups excluding carboxylic acids is 1. The fourth-order valence-electron chi connectivity index (χ4n) is 0.0779. The van der Waals surface area contributed by atoms with Gasteiger partial charge in [0.1, 0.15) is 6.73 Å². The number of rotatable bonds is 1. The number of nitrogens with two attached hydrogens (primary N) is 1. The third-order valence-corrected chi connectivity index (χ3v) is 0.253. The number of amides is 2. The van der Waals surface area contributed by atoms with Gasteiger partial charge in [0.2, 0.25) is 0 Å². The van der Waals surface area contributed by atoms with Crippen LogP contribution in [0.5, 0.6) is 0 Å². The Morgan fingerprint density at radius 3 is 2.29 bits per heavy atom. The molecule has 0 spiro atoms. The quantitative estimate of drug-likeness (QED) is 0.331. The molecule has 0 bridgehead atoms. The molecule has 2 amide bonds. The van der Waals surface area contributed by atoms with Gasteiger partial charge in [-0.1, -0.05) is 0 Å². The van der Waals surface area contributed by atoms with E-state index in [0.29, 0.717) is 0 Å². The SMILES string of the molecule is NC(=O)NCO.O. The average molecular weight is 108 g/mol. The molecule has 0 aliphatic carbocycles. The van der Waals surface area contributed by atoms with Crippen LogP contribution in [0.25, 0.3) is 0 Å². The first-order valence-electron chi connectivity index (χ1n) is 1.41. The van der Waals surface area contributed by atoms with Crippen molar-refractivity contribution in [2.75, 3.05) is 6.73 Å². The normalized spacial score (nSPS) is 6.43. The van der Waals surface area contributed by atoms with E-state index in [-0.39, 0.29) is 5.48 Å². The van der Waals surface area contributed by atoms with Gasteiger partial charge in [0, 0.05) is 0 Å². The molecular formula is C2H8N2O3. The minimum absolute atomic E-state index is 0. The molecule has 0 radical (unpaired) electrons. The van der Waals surface area contributed by atoms with Crippen LogP contribution in [-0.4, -0.2) is 23.3 Å². The Balaban J connectivity index is 0. The minimum Gasteiger partial charge on any atom is -0.412 e. The van der Waals surface area contributed by atoms with Crippen LogP contribution in [0.4, 0.5) is 4.79 Å². The number of aliphatic hydroxyl groups is 1. The Hall–Kier alpha value is -0.810. The van der Waals surface area contributed by atoms with Crippen LogP contribution < -0.4 is 11.1 Å². The van der Waals surface area contributed by atoms with Crippen LogP contribution in [-0.2, 0) is 0 Å². The van der Waals surface area contributed by atoms with Crippen LogP contribution in [0.15, 0.2) is 0 Å². The molecule has 0 aliphatic rings. The molecule has 0 atom stereocenters. The number of nitrogens with one attached hydrogen (secondary N) is 1. The lowest BCUT2D eigenvalue weighted by molar-refractivity contribution is 0.225. The number of primary amides is 1. The van der Waals surface area contributed by atoms with Crippen molar-refractivity contribution in [1.82, 2.24) is 5.32 Å². The van der Waals surface area contributed by atoms with Gasteiger partial charge in [-0.15, -0.1) is 0 Å². The molecule has 0 heterocycles. The molecule has 6 N–H and O–H groups in total. The summed E-state index contributed by atoms with van der Waals surface area (Å²) in [6.07, 6.45) is 0. The first kappa shape index (κ1) is 9.50.